The van der Waals surface area contributed by atoms with Crippen LogP contribution in [0, 0.1) is 20.2 Å². The van der Waals surface area contributed by atoms with E-state index < -0.39 is 39.1 Å². The Morgan fingerprint density at radius 1 is 0.673 bits per heavy atom. The molecule has 262 valence electrons. The van der Waals surface area contributed by atoms with E-state index in [0.717, 1.165) is 23.3 Å². The third-order valence-corrected chi connectivity index (χ3v) is 7.47. The van der Waals surface area contributed by atoms with Crippen LogP contribution in [0.5, 0.6) is 5.75 Å². The zero-order valence-electron chi connectivity index (χ0n) is 25.6. The van der Waals surface area contributed by atoms with Gasteiger partial charge in [-0.1, -0.05) is 29.3 Å². The maximum atomic E-state index is 12.8. The Labute approximate surface area is 283 Å². The Bertz CT molecular complexity index is 1850. The van der Waals surface area contributed by atoms with Gasteiger partial charge in [-0.2, -0.15) is 26.3 Å². The van der Waals surface area contributed by atoms with Crippen molar-refractivity contribution < 1.29 is 51.0 Å². The number of hydrogen-bond donors (Lipinski definition) is 1. The molecule has 0 saturated carbocycles. The lowest BCUT2D eigenvalue weighted by molar-refractivity contribution is -0.384. The number of hydrogen-bond acceptors (Lipinski definition) is 9. The summed E-state index contributed by atoms with van der Waals surface area (Å²) in [6, 6.07) is 12.0. The monoisotopic (exact) mass is 736 g/mol. The number of anilines is 2. The summed E-state index contributed by atoms with van der Waals surface area (Å²) in [7, 11) is 5.52. The Morgan fingerprint density at radius 3 is 1.53 bits per heavy atom. The van der Waals surface area contributed by atoms with Crippen molar-refractivity contribution in [2.24, 2.45) is 0 Å². The van der Waals surface area contributed by atoms with Gasteiger partial charge < -0.3 is 5.11 Å². The second-order valence-corrected chi connectivity index (χ2v) is 10.6. The number of rotatable bonds is 8. The zero-order chi connectivity index (χ0) is 37.0. The van der Waals surface area contributed by atoms with Crippen LogP contribution in [0.4, 0.5) is 49.1 Å². The minimum Gasteiger partial charge on any atom is -0.507 e. The van der Waals surface area contributed by atoms with Crippen LogP contribution in [0.2, 0.25) is 10.0 Å². The molecule has 0 saturated heterocycles. The average molecular weight is 737 g/mol. The van der Waals surface area contributed by atoms with Crippen molar-refractivity contribution >= 4 is 46.0 Å². The highest BCUT2D eigenvalue weighted by atomic mass is 35.5. The summed E-state index contributed by atoms with van der Waals surface area (Å²) in [6.07, 6.45) is -9.17. The van der Waals surface area contributed by atoms with Gasteiger partial charge in [-0.25, -0.2) is 0 Å². The van der Waals surface area contributed by atoms with E-state index in [-0.39, 0.29) is 43.9 Å². The molecule has 4 aromatic rings. The molecule has 0 aliphatic rings. The molecular weight excluding hydrogens is 713 g/mol. The highest BCUT2D eigenvalue weighted by Crippen LogP contribution is 2.44. The average Bonchev–Trinajstić information content (AvgIpc) is 3.02. The van der Waals surface area contributed by atoms with Crippen LogP contribution in [-0.4, -0.2) is 43.3 Å². The lowest BCUT2D eigenvalue weighted by Gasteiger charge is -2.18. The fourth-order valence-electron chi connectivity index (χ4n) is 4.35. The van der Waals surface area contributed by atoms with Gasteiger partial charge in [0.1, 0.15) is 17.1 Å². The van der Waals surface area contributed by atoms with E-state index in [1.54, 1.807) is 0 Å². The summed E-state index contributed by atoms with van der Waals surface area (Å²) >= 11 is 11.9. The fraction of sp³-hybridized carbons (Fsp3) is 0.200. The first-order chi connectivity index (χ1) is 22.7. The lowest BCUT2D eigenvalue weighted by Crippen LogP contribution is -2.16. The minimum absolute atomic E-state index is 0.0420. The first-order valence-electron chi connectivity index (χ1n) is 13.3. The van der Waals surface area contributed by atoms with E-state index in [9.17, 15) is 51.7 Å². The van der Waals surface area contributed by atoms with Crippen molar-refractivity contribution in [3.05, 3.63) is 108 Å². The summed E-state index contributed by atoms with van der Waals surface area (Å²) < 4.78 is 76.4. The van der Waals surface area contributed by atoms with Crippen molar-refractivity contribution in [2.45, 2.75) is 12.4 Å². The van der Waals surface area contributed by atoms with Crippen molar-refractivity contribution in [2.75, 3.05) is 38.4 Å². The number of nitrogens with zero attached hydrogens (tertiary/aromatic N) is 4. The molecule has 49 heavy (non-hydrogen) atoms. The normalized spacial score (nSPS) is 11.4. The van der Waals surface area contributed by atoms with Gasteiger partial charge in [-0.15, -0.1) is 0 Å². The largest absolute Gasteiger partial charge is 0.507 e. The predicted molar refractivity (Wildman–Crippen MR) is 170 cm³/mol. The molecule has 0 amide bonds. The maximum absolute atomic E-state index is 12.8. The van der Waals surface area contributed by atoms with E-state index in [4.69, 9.17) is 32.9 Å². The summed E-state index contributed by atoms with van der Waals surface area (Å²) in [5.74, 6) is -0.695. The van der Waals surface area contributed by atoms with Crippen LogP contribution in [0.15, 0.2) is 66.7 Å². The molecular formula is C30H24Cl2F6N4O7. The number of phenolic OH excluding ortho intramolecular Hbond substituents is 1. The van der Waals surface area contributed by atoms with Gasteiger partial charge in [0.2, 0.25) is 0 Å². The standard InChI is InChI=1S/C15H12ClF3N2O4.C15H12ClF3N2O3/c1-20(25-2)12-5-8(3-4-11(12)21(23)24)14-10(16)6-9(7-13(14)22)15(17,18)19;1-20(24-2)14-7-9(3-6-13(14)21(22)23)11-5-4-10(8-12(11)16)15(17,18)19/h3-7,22H,1-2H3;3-8H,1-2H3. The van der Waals surface area contributed by atoms with Crippen LogP contribution in [0.1, 0.15) is 11.1 Å². The van der Waals surface area contributed by atoms with E-state index in [0.29, 0.717) is 23.3 Å². The van der Waals surface area contributed by atoms with E-state index in [2.05, 4.69) is 0 Å². The number of nitro groups is 2. The van der Waals surface area contributed by atoms with E-state index in [1.807, 2.05) is 0 Å². The molecule has 1 N–H and O–H groups in total. The summed E-state index contributed by atoms with van der Waals surface area (Å²) in [5.41, 5.74) is -1.39. The summed E-state index contributed by atoms with van der Waals surface area (Å²) in [4.78, 5) is 30.9. The summed E-state index contributed by atoms with van der Waals surface area (Å²) in [6.45, 7) is 0. The Morgan fingerprint density at radius 2 is 1.12 bits per heavy atom. The molecule has 0 aliphatic heterocycles. The van der Waals surface area contributed by atoms with Crippen LogP contribution in [0.25, 0.3) is 22.3 Å². The third kappa shape index (κ3) is 9.00. The van der Waals surface area contributed by atoms with Crippen LogP contribution in [0.3, 0.4) is 0 Å². The highest BCUT2D eigenvalue weighted by Gasteiger charge is 2.33. The molecule has 4 rings (SSSR count). The number of halogens is 8. The lowest BCUT2D eigenvalue weighted by atomic mass is 10.0. The molecule has 4 aromatic carbocycles. The second-order valence-electron chi connectivity index (χ2n) is 9.82. The van der Waals surface area contributed by atoms with Gasteiger partial charge in [0.05, 0.1) is 40.2 Å². The van der Waals surface area contributed by atoms with Crippen molar-refractivity contribution in [1.29, 1.82) is 0 Å². The van der Waals surface area contributed by atoms with Crippen molar-refractivity contribution in [3.63, 3.8) is 0 Å². The fourth-order valence-corrected chi connectivity index (χ4v) is 4.96. The quantitative estimate of drug-likeness (QED) is 0.107. The third-order valence-electron chi connectivity index (χ3n) is 6.86. The van der Waals surface area contributed by atoms with Crippen LogP contribution >= 0.6 is 23.2 Å². The zero-order valence-corrected chi connectivity index (χ0v) is 27.1. The van der Waals surface area contributed by atoms with Gasteiger partial charge in [0.15, 0.2) is 0 Å². The van der Waals surface area contributed by atoms with Crippen molar-refractivity contribution in [3.8, 4) is 28.0 Å². The number of aromatic hydroxyl groups is 1. The van der Waals surface area contributed by atoms with Gasteiger partial charge >= 0.3 is 12.4 Å². The molecule has 19 heteroatoms. The molecule has 0 atom stereocenters. The molecule has 0 fully saturated rings. The van der Waals surface area contributed by atoms with Crippen LogP contribution in [-0.2, 0) is 22.0 Å². The number of benzene rings is 4. The number of alkyl halides is 6. The summed E-state index contributed by atoms with van der Waals surface area (Å²) in [5, 5.41) is 34.0. The Balaban J connectivity index is 0.000000266. The second kappa shape index (κ2) is 15.1. The van der Waals surface area contributed by atoms with Gasteiger partial charge in [-0.3, -0.25) is 40.0 Å². The highest BCUT2D eigenvalue weighted by molar-refractivity contribution is 6.34. The molecule has 0 bridgehead atoms. The Kier molecular flexibility index (Phi) is 11.9. The number of nitro benzene ring substituents is 2. The predicted octanol–water partition coefficient (Wildman–Crippen LogP) is 9.57. The minimum atomic E-state index is -4.67. The smallest absolute Gasteiger partial charge is 0.416 e. The number of hydroxylamine groups is 2. The molecule has 0 heterocycles. The molecule has 11 nitrogen and oxygen atoms in total. The number of phenols is 1. The van der Waals surface area contributed by atoms with E-state index in [1.165, 1.54) is 69.8 Å². The molecule has 0 unspecified atom stereocenters. The molecule has 0 aliphatic carbocycles. The van der Waals surface area contributed by atoms with Crippen molar-refractivity contribution in [1.82, 2.24) is 0 Å². The maximum Gasteiger partial charge on any atom is 0.416 e. The van der Waals surface area contributed by atoms with Gasteiger partial charge in [0, 0.05) is 42.4 Å². The molecule has 0 radical (unpaired) electrons. The topological polar surface area (TPSA) is 131 Å². The Hall–Kier alpha value is -4.84. The first kappa shape index (κ1) is 38.6. The van der Waals surface area contributed by atoms with Gasteiger partial charge in [0.25, 0.3) is 11.4 Å². The molecule has 0 aromatic heterocycles. The van der Waals surface area contributed by atoms with Gasteiger partial charge in [-0.05, 0) is 59.7 Å². The SMILES string of the molecule is CON(C)c1cc(-c2c(O)cc(C(F)(F)F)cc2Cl)ccc1[N+](=O)[O-].CON(C)c1cc(-c2ccc(C(F)(F)F)cc2Cl)ccc1[N+](=O)[O-]. The first-order valence-corrected chi connectivity index (χ1v) is 14.1. The van der Waals surface area contributed by atoms with E-state index >= 15 is 0 Å². The molecule has 0 spiro atoms. The van der Waals surface area contributed by atoms with Crippen LogP contribution < -0.4 is 10.1 Å².